The molecule has 2 saturated heterocycles. The third-order valence-corrected chi connectivity index (χ3v) is 9.08. The summed E-state index contributed by atoms with van der Waals surface area (Å²) in [5, 5.41) is 18.5. The van der Waals surface area contributed by atoms with Crippen LogP contribution in [0, 0.1) is 5.92 Å². The molecule has 0 radical (unpaired) electrons. The summed E-state index contributed by atoms with van der Waals surface area (Å²) in [7, 11) is 0. The Hall–Kier alpha value is -3.41. The number of aromatic nitrogens is 3. The van der Waals surface area contributed by atoms with Gasteiger partial charge in [0, 0.05) is 61.4 Å². The zero-order valence-corrected chi connectivity index (χ0v) is 23.3. The Bertz CT molecular complexity index is 1390. The molecule has 222 valence electrons. The SMILES string of the molecule is O=C(C1CCN(c2cccc(C(F)(F)F)c2)C1)[C@]1(NC2CCC(O)(c3ccc(-c4ncccn4)cn3)CC2)CCNC1. The maximum Gasteiger partial charge on any atom is 0.416 e. The van der Waals surface area contributed by atoms with E-state index >= 15 is 0 Å². The molecule has 3 fully saturated rings. The average molecular weight is 581 g/mol. The minimum absolute atomic E-state index is 0.0621. The van der Waals surface area contributed by atoms with Crippen molar-refractivity contribution in [2.75, 3.05) is 31.1 Å². The van der Waals surface area contributed by atoms with Crippen LogP contribution in [-0.2, 0) is 16.6 Å². The normalized spacial score (nSPS) is 28.2. The van der Waals surface area contributed by atoms with Gasteiger partial charge in [-0.1, -0.05) is 6.07 Å². The van der Waals surface area contributed by atoms with Gasteiger partial charge < -0.3 is 20.6 Å². The second-order valence-corrected chi connectivity index (χ2v) is 11.8. The molecule has 3 aliphatic rings. The van der Waals surface area contributed by atoms with Gasteiger partial charge in [0.25, 0.3) is 0 Å². The number of nitrogens with one attached hydrogen (secondary N) is 2. The van der Waals surface area contributed by atoms with E-state index in [2.05, 4.69) is 25.6 Å². The van der Waals surface area contributed by atoms with Crippen LogP contribution in [0.25, 0.3) is 11.4 Å². The van der Waals surface area contributed by atoms with E-state index in [0.717, 1.165) is 18.2 Å². The molecule has 8 nitrogen and oxygen atoms in total. The van der Waals surface area contributed by atoms with Crippen molar-refractivity contribution in [3.63, 3.8) is 0 Å². The molecule has 2 aromatic heterocycles. The van der Waals surface area contributed by atoms with Crippen molar-refractivity contribution >= 4 is 11.5 Å². The minimum Gasteiger partial charge on any atom is -0.384 e. The lowest BCUT2D eigenvalue weighted by Crippen LogP contribution is -2.60. The summed E-state index contributed by atoms with van der Waals surface area (Å²) in [6.07, 6.45) is 4.33. The predicted octanol–water partition coefficient (Wildman–Crippen LogP) is 4.10. The number of benzene rings is 1. The number of pyridine rings is 1. The Balaban J connectivity index is 1.09. The van der Waals surface area contributed by atoms with Gasteiger partial charge in [0.15, 0.2) is 11.6 Å². The lowest BCUT2D eigenvalue weighted by atomic mass is 9.77. The van der Waals surface area contributed by atoms with Gasteiger partial charge in [-0.15, -0.1) is 0 Å². The highest BCUT2D eigenvalue weighted by Gasteiger charge is 2.48. The van der Waals surface area contributed by atoms with Crippen LogP contribution in [0.5, 0.6) is 0 Å². The van der Waals surface area contributed by atoms with Gasteiger partial charge >= 0.3 is 6.18 Å². The highest BCUT2D eigenvalue weighted by Crippen LogP contribution is 2.39. The summed E-state index contributed by atoms with van der Waals surface area (Å²) in [5.41, 5.74) is -0.543. The average Bonchev–Trinajstić information content (AvgIpc) is 3.70. The molecule has 1 aliphatic carbocycles. The number of ketones is 1. The molecule has 0 amide bonds. The fraction of sp³-hybridized carbons (Fsp3) is 0.484. The highest BCUT2D eigenvalue weighted by atomic mass is 19.4. The number of carbonyl (C=O) groups is 1. The standard InChI is InChI=1S/C31H35F3N6O2/c32-31(33,34)23-3-1-4-25(17-23)40-16-9-22(19-40)27(41)29(12-15-35-20-29)39-24-7-10-30(42,11-8-24)26-6-5-21(18-38-26)28-36-13-2-14-37-28/h1-6,13-14,17-18,22,24,35,39,42H,7-12,15-16,19-20H2/t22?,24?,29-,30?/m0/s1. The van der Waals surface area contributed by atoms with Gasteiger partial charge in [-0.25, -0.2) is 9.97 Å². The van der Waals surface area contributed by atoms with Crippen molar-refractivity contribution in [2.24, 2.45) is 5.92 Å². The Morgan fingerprint density at radius 2 is 1.81 bits per heavy atom. The van der Waals surface area contributed by atoms with Crippen molar-refractivity contribution in [3.05, 3.63) is 72.3 Å². The van der Waals surface area contributed by atoms with Crippen LogP contribution in [0.4, 0.5) is 18.9 Å². The molecule has 2 aliphatic heterocycles. The van der Waals surface area contributed by atoms with Crippen LogP contribution < -0.4 is 15.5 Å². The zero-order chi connectivity index (χ0) is 29.4. The molecule has 6 rings (SSSR count). The summed E-state index contributed by atoms with van der Waals surface area (Å²) in [6, 6.07) is 10.9. The molecule has 3 aromatic rings. The topological polar surface area (TPSA) is 103 Å². The van der Waals surface area contributed by atoms with E-state index in [0.29, 0.717) is 75.4 Å². The first-order chi connectivity index (χ1) is 20.2. The first-order valence-electron chi connectivity index (χ1n) is 14.6. The van der Waals surface area contributed by atoms with Crippen molar-refractivity contribution in [1.29, 1.82) is 0 Å². The van der Waals surface area contributed by atoms with Crippen molar-refractivity contribution in [2.45, 2.75) is 61.9 Å². The van der Waals surface area contributed by atoms with Crippen molar-refractivity contribution in [1.82, 2.24) is 25.6 Å². The fourth-order valence-electron chi connectivity index (χ4n) is 6.71. The molecule has 0 spiro atoms. The van der Waals surface area contributed by atoms with Crippen LogP contribution in [0.1, 0.15) is 49.8 Å². The van der Waals surface area contributed by atoms with Gasteiger partial charge in [0.2, 0.25) is 0 Å². The number of hydrogen-bond donors (Lipinski definition) is 3. The Kier molecular flexibility index (Phi) is 7.75. The van der Waals surface area contributed by atoms with E-state index in [1.807, 2.05) is 17.0 Å². The smallest absolute Gasteiger partial charge is 0.384 e. The van der Waals surface area contributed by atoms with E-state index in [4.69, 9.17) is 0 Å². The minimum atomic E-state index is -4.41. The number of nitrogens with zero attached hydrogens (tertiary/aromatic N) is 4. The third kappa shape index (κ3) is 5.77. The second kappa shape index (κ2) is 11.3. The monoisotopic (exact) mass is 580 g/mol. The number of anilines is 1. The number of halogens is 3. The molecule has 1 aromatic carbocycles. The second-order valence-electron chi connectivity index (χ2n) is 11.8. The molecule has 2 atom stereocenters. The number of Topliss-reactive ketones (excluding diaryl/α,β-unsaturated/α-hetero) is 1. The highest BCUT2D eigenvalue weighted by molar-refractivity contribution is 5.92. The Morgan fingerprint density at radius 3 is 2.48 bits per heavy atom. The van der Waals surface area contributed by atoms with E-state index in [-0.39, 0.29) is 17.7 Å². The van der Waals surface area contributed by atoms with Gasteiger partial charge in [-0.05, 0) is 81.5 Å². The number of carbonyl (C=O) groups excluding carboxylic acids is 1. The zero-order valence-electron chi connectivity index (χ0n) is 23.3. The lowest BCUT2D eigenvalue weighted by Gasteiger charge is -2.40. The quantitative estimate of drug-likeness (QED) is 0.384. The number of hydrogen-bond acceptors (Lipinski definition) is 8. The van der Waals surface area contributed by atoms with Gasteiger partial charge in [-0.2, -0.15) is 13.2 Å². The molecule has 1 saturated carbocycles. The summed E-state index contributed by atoms with van der Waals surface area (Å²) in [6.45, 7) is 2.20. The van der Waals surface area contributed by atoms with Crippen LogP contribution in [0.3, 0.4) is 0 Å². The molecular weight excluding hydrogens is 545 g/mol. The lowest BCUT2D eigenvalue weighted by molar-refractivity contribution is -0.137. The molecule has 0 bridgehead atoms. The molecular formula is C31H35F3N6O2. The number of aliphatic hydroxyl groups is 1. The van der Waals surface area contributed by atoms with E-state index in [9.17, 15) is 23.1 Å². The summed E-state index contributed by atoms with van der Waals surface area (Å²) in [4.78, 5) is 28.9. The maximum absolute atomic E-state index is 14.0. The van der Waals surface area contributed by atoms with Crippen molar-refractivity contribution in [3.8, 4) is 11.4 Å². The Morgan fingerprint density at radius 1 is 1.02 bits per heavy atom. The fourth-order valence-corrected chi connectivity index (χ4v) is 6.71. The molecule has 3 N–H and O–H groups in total. The largest absolute Gasteiger partial charge is 0.416 e. The van der Waals surface area contributed by atoms with E-state index < -0.39 is 22.9 Å². The van der Waals surface area contributed by atoms with E-state index in [1.54, 1.807) is 30.7 Å². The summed E-state index contributed by atoms with van der Waals surface area (Å²) >= 11 is 0. The molecule has 42 heavy (non-hydrogen) atoms. The van der Waals surface area contributed by atoms with Crippen LogP contribution in [0.15, 0.2) is 61.1 Å². The first-order valence-corrected chi connectivity index (χ1v) is 14.6. The van der Waals surface area contributed by atoms with Crippen LogP contribution >= 0.6 is 0 Å². The molecule has 4 heterocycles. The summed E-state index contributed by atoms with van der Waals surface area (Å²) in [5.74, 6) is 0.448. The van der Waals surface area contributed by atoms with Gasteiger partial charge in [-0.3, -0.25) is 9.78 Å². The van der Waals surface area contributed by atoms with Gasteiger partial charge in [0.05, 0.1) is 16.8 Å². The van der Waals surface area contributed by atoms with E-state index in [1.165, 1.54) is 12.1 Å². The van der Waals surface area contributed by atoms with Crippen LogP contribution in [0.2, 0.25) is 0 Å². The first kappa shape index (κ1) is 28.7. The molecule has 1 unspecified atom stereocenters. The Labute approximate surface area is 242 Å². The van der Waals surface area contributed by atoms with Gasteiger partial charge in [0.1, 0.15) is 5.60 Å². The van der Waals surface area contributed by atoms with Crippen molar-refractivity contribution < 1.29 is 23.1 Å². The summed E-state index contributed by atoms with van der Waals surface area (Å²) < 4.78 is 39.8. The van der Waals surface area contributed by atoms with Crippen LogP contribution in [-0.4, -0.2) is 63.6 Å². The third-order valence-electron chi connectivity index (χ3n) is 9.08. The maximum atomic E-state index is 14.0. The predicted molar refractivity (Wildman–Crippen MR) is 152 cm³/mol. The molecule has 11 heteroatoms. The number of alkyl halides is 3. The number of rotatable bonds is 7.